The van der Waals surface area contributed by atoms with Gasteiger partial charge < -0.3 is 34.3 Å². The van der Waals surface area contributed by atoms with E-state index in [0.717, 1.165) is 44.9 Å². The normalized spacial score (nSPS) is 20.3. The minimum atomic E-state index is -5.06. The van der Waals surface area contributed by atoms with Crippen LogP contribution in [0.25, 0.3) is 0 Å². The second kappa shape index (κ2) is 40.1. The number of carbonyl (C=O) groups is 1. The van der Waals surface area contributed by atoms with Crippen molar-refractivity contribution in [2.24, 2.45) is 0 Å². The average Bonchev–Trinajstić information content (AvgIpc) is 3.23. The van der Waals surface area contributed by atoms with E-state index in [0.29, 0.717) is 13.0 Å². The summed E-state index contributed by atoms with van der Waals surface area (Å²) < 4.78 is 59.2. The fourth-order valence-corrected chi connectivity index (χ4v) is 8.09. The van der Waals surface area contributed by atoms with Gasteiger partial charge in [0, 0.05) is 13.0 Å². The first kappa shape index (κ1) is 57.6. The van der Waals surface area contributed by atoms with Gasteiger partial charge >= 0.3 is 16.4 Å². The molecule has 1 heterocycles. The quantitative estimate of drug-likeness (QED) is 0.0197. The van der Waals surface area contributed by atoms with Crippen LogP contribution >= 0.6 is 0 Å². The van der Waals surface area contributed by atoms with Gasteiger partial charge in [-0.2, -0.15) is 8.42 Å². The molecule has 1 aliphatic heterocycles. The van der Waals surface area contributed by atoms with Crippen LogP contribution in [0.1, 0.15) is 213 Å². The van der Waals surface area contributed by atoms with E-state index < -0.39 is 59.8 Å². The molecule has 13 heteroatoms. The monoisotopic (exact) mass is 891 g/mol. The molecule has 12 nitrogen and oxygen atoms in total. The van der Waals surface area contributed by atoms with Crippen molar-refractivity contribution in [1.29, 1.82) is 0 Å². The second-order valence-electron chi connectivity index (χ2n) is 17.1. The van der Waals surface area contributed by atoms with Gasteiger partial charge in [0.05, 0.1) is 19.8 Å². The molecule has 0 spiro atoms. The standard InChI is InChI=1S/C48H90O12S/c1-3-5-7-9-11-13-15-17-19-20-21-22-23-24-26-28-30-32-34-36-38-56-40-42(41-57-48-46(52)47(60-61(53,54)55)45(51)43(39-49)59-48)58-44(50)37-35-33-31-29-27-25-18-16-14-12-10-8-6-4-2/h11,13,17,19,42-43,45-49,51-52H,3-10,12,14-16,18,20-41H2,1-2H3,(H,53,54,55)/b13-11-,19-17-. The highest BCUT2D eigenvalue weighted by molar-refractivity contribution is 7.80. The van der Waals surface area contributed by atoms with E-state index in [9.17, 15) is 33.1 Å². The van der Waals surface area contributed by atoms with Gasteiger partial charge in [-0.15, -0.1) is 0 Å². The van der Waals surface area contributed by atoms with E-state index in [1.165, 1.54) is 141 Å². The molecular weight excluding hydrogens is 801 g/mol. The summed E-state index contributed by atoms with van der Waals surface area (Å²) in [6.45, 7) is 3.98. The molecule has 0 amide bonds. The minimum Gasteiger partial charge on any atom is -0.457 e. The van der Waals surface area contributed by atoms with Crippen molar-refractivity contribution in [3.8, 4) is 0 Å². The van der Waals surface area contributed by atoms with Gasteiger partial charge in [0.15, 0.2) is 6.29 Å². The lowest BCUT2D eigenvalue weighted by Gasteiger charge is -2.41. The number of allylic oxidation sites excluding steroid dienone is 4. The van der Waals surface area contributed by atoms with Crippen molar-refractivity contribution in [3.63, 3.8) is 0 Å². The Kier molecular flexibility index (Phi) is 37.9. The highest BCUT2D eigenvalue weighted by atomic mass is 32.3. The molecular formula is C48H90O12S. The van der Waals surface area contributed by atoms with Gasteiger partial charge in [-0.1, -0.05) is 186 Å². The molecule has 0 saturated carbocycles. The van der Waals surface area contributed by atoms with Crippen LogP contribution in [0, 0.1) is 0 Å². The number of ether oxygens (including phenoxy) is 4. The topological polar surface area (TPSA) is 178 Å². The highest BCUT2D eigenvalue weighted by Crippen LogP contribution is 2.26. The molecule has 0 aliphatic carbocycles. The molecule has 0 aromatic carbocycles. The van der Waals surface area contributed by atoms with Crippen LogP contribution < -0.4 is 0 Å². The number of unbranched alkanes of at least 4 members (excludes halogenated alkanes) is 26. The lowest BCUT2D eigenvalue weighted by atomic mass is 9.99. The van der Waals surface area contributed by atoms with E-state index in [-0.39, 0.29) is 19.6 Å². The predicted molar refractivity (Wildman–Crippen MR) is 244 cm³/mol. The Hall–Kier alpha value is -1.42. The lowest BCUT2D eigenvalue weighted by molar-refractivity contribution is -0.301. The molecule has 61 heavy (non-hydrogen) atoms. The van der Waals surface area contributed by atoms with Gasteiger partial charge in [0.25, 0.3) is 0 Å². The van der Waals surface area contributed by atoms with Crippen molar-refractivity contribution in [1.82, 2.24) is 0 Å². The Morgan fingerprint density at radius 3 is 1.59 bits per heavy atom. The zero-order valence-electron chi connectivity index (χ0n) is 38.5. The SMILES string of the molecule is CCCCC/C=C\C/C=C\CCCCCCCCCCCCOCC(COC1OC(CO)C(O)C(OS(=O)(=O)O)C1O)OC(=O)CCCCCCCCCCCCCCCC. The Morgan fingerprint density at radius 2 is 1.08 bits per heavy atom. The molecule has 1 rings (SSSR count). The summed E-state index contributed by atoms with van der Waals surface area (Å²) in [7, 11) is -5.06. The zero-order valence-corrected chi connectivity index (χ0v) is 39.3. The van der Waals surface area contributed by atoms with E-state index in [1.807, 2.05) is 0 Å². The Balaban J connectivity index is 2.37. The summed E-state index contributed by atoms with van der Waals surface area (Å²) in [6, 6.07) is 0. The summed E-state index contributed by atoms with van der Waals surface area (Å²) in [6.07, 6.45) is 36.3. The maximum Gasteiger partial charge on any atom is 0.397 e. The Labute approximate surface area is 371 Å². The first-order chi connectivity index (χ1) is 29.6. The number of rotatable bonds is 43. The van der Waals surface area contributed by atoms with Crippen molar-refractivity contribution in [3.05, 3.63) is 24.3 Å². The van der Waals surface area contributed by atoms with Crippen LogP contribution in [-0.2, 0) is 38.3 Å². The molecule has 6 unspecified atom stereocenters. The summed E-state index contributed by atoms with van der Waals surface area (Å²) in [5.74, 6) is -0.397. The fourth-order valence-electron chi connectivity index (χ4n) is 7.59. The average molecular weight is 891 g/mol. The highest BCUT2D eigenvalue weighted by Gasteiger charge is 2.48. The maximum absolute atomic E-state index is 12.9. The lowest BCUT2D eigenvalue weighted by Crippen LogP contribution is -2.60. The molecule has 4 N–H and O–H groups in total. The van der Waals surface area contributed by atoms with Crippen LogP contribution in [0.15, 0.2) is 24.3 Å². The van der Waals surface area contributed by atoms with Crippen LogP contribution in [0.4, 0.5) is 0 Å². The molecule has 1 fully saturated rings. The van der Waals surface area contributed by atoms with E-state index >= 15 is 0 Å². The van der Waals surface area contributed by atoms with Crippen LogP contribution in [0.2, 0.25) is 0 Å². The summed E-state index contributed by atoms with van der Waals surface area (Å²) in [5.41, 5.74) is 0. The molecule has 0 aromatic heterocycles. The van der Waals surface area contributed by atoms with Crippen molar-refractivity contribution in [2.75, 3.05) is 26.4 Å². The summed E-state index contributed by atoms with van der Waals surface area (Å²) in [5, 5.41) is 30.7. The number of carbonyl (C=O) groups excluding carboxylic acids is 1. The predicted octanol–water partition coefficient (Wildman–Crippen LogP) is 10.8. The van der Waals surface area contributed by atoms with Crippen LogP contribution in [-0.4, -0.2) is 97.5 Å². The minimum absolute atomic E-state index is 0.0380. The second-order valence-corrected chi connectivity index (χ2v) is 18.1. The van der Waals surface area contributed by atoms with Crippen molar-refractivity contribution in [2.45, 2.75) is 250 Å². The number of esters is 1. The number of hydrogen-bond acceptors (Lipinski definition) is 11. The van der Waals surface area contributed by atoms with E-state index in [4.69, 9.17) is 18.9 Å². The van der Waals surface area contributed by atoms with E-state index in [1.54, 1.807) is 0 Å². The molecule has 360 valence electrons. The zero-order chi connectivity index (χ0) is 44.7. The maximum atomic E-state index is 12.9. The van der Waals surface area contributed by atoms with E-state index in [2.05, 4.69) is 42.3 Å². The Bertz CT molecular complexity index is 1170. The molecule has 0 aromatic rings. The Morgan fingerprint density at radius 1 is 0.623 bits per heavy atom. The largest absolute Gasteiger partial charge is 0.457 e. The third-order valence-electron chi connectivity index (χ3n) is 11.3. The van der Waals surface area contributed by atoms with Crippen molar-refractivity contribution < 1.29 is 56.2 Å². The van der Waals surface area contributed by atoms with Gasteiger partial charge in [0.2, 0.25) is 0 Å². The number of aliphatic hydroxyl groups is 3. The van der Waals surface area contributed by atoms with Crippen LogP contribution in [0.3, 0.4) is 0 Å². The first-order valence-electron chi connectivity index (χ1n) is 24.6. The first-order valence-corrected chi connectivity index (χ1v) is 26.0. The molecule has 1 saturated heterocycles. The smallest absolute Gasteiger partial charge is 0.397 e. The van der Waals surface area contributed by atoms with Gasteiger partial charge in [-0.3, -0.25) is 9.35 Å². The number of aliphatic hydroxyl groups excluding tert-OH is 3. The van der Waals surface area contributed by atoms with Gasteiger partial charge in [-0.25, -0.2) is 4.18 Å². The summed E-state index contributed by atoms with van der Waals surface area (Å²) >= 11 is 0. The third kappa shape index (κ3) is 33.7. The summed E-state index contributed by atoms with van der Waals surface area (Å²) in [4.78, 5) is 12.9. The molecule has 0 radical (unpaired) electrons. The molecule has 0 bridgehead atoms. The van der Waals surface area contributed by atoms with Gasteiger partial charge in [0.1, 0.15) is 30.5 Å². The third-order valence-corrected chi connectivity index (χ3v) is 11.8. The number of hydrogen-bond donors (Lipinski definition) is 4. The fraction of sp³-hybridized carbons (Fsp3) is 0.896. The molecule has 6 atom stereocenters. The van der Waals surface area contributed by atoms with Crippen molar-refractivity contribution >= 4 is 16.4 Å². The van der Waals surface area contributed by atoms with Gasteiger partial charge in [-0.05, 0) is 44.9 Å². The van der Waals surface area contributed by atoms with Crippen LogP contribution in [0.5, 0.6) is 0 Å². The molecule has 1 aliphatic rings.